The number of carboxylic acids is 1. The first-order valence-electron chi connectivity index (χ1n) is 5.73. The third kappa shape index (κ3) is 1.83. The molecular weight excluding hydrogens is 266 g/mol. The molecule has 0 amide bonds. The zero-order valence-electron chi connectivity index (χ0n) is 11.4. The van der Waals surface area contributed by atoms with Gasteiger partial charge in [0.05, 0.1) is 10.6 Å². The van der Waals surface area contributed by atoms with E-state index in [1.54, 1.807) is 14.0 Å². The summed E-state index contributed by atoms with van der Waals surface area (Å²) in [5.74, 6) is -0.954. The monoisotopic (exact) mass is 279 g/mol. The topological polar surface area (TPSA) is 116 Å². The molecule has 0 radical (unpaired) electrons. The zero-order valence-corrected chi connectivity index (χ0v) is 11.4. The predicted octanol–water partition coefficient (Wildman–Crippen LogP) is 1.14. The first-order valence-corrected chi connectivity index (χ1v) is 5.73. The molecule has 0 aliphatic carbocycles. The van der Waals surface area contributed by atoms with Gasteiger partial charge in [-0.2, -0.15) is 10.2 Å². The molecule has 0 atom stereocenters. The van der Waals surface area contributed by atoms with Crippen LogP contribution in [-0.2, 0) is 7.05 Å². The molecule has 20 heavy (non-hydrogen) atoms. The molecule has 9 nitrogen and oxygen atoms in total. The van der Waals surface area contributed by atoms with E-state index in [1.807, 2.05) is 0 Å². The Hall–Kier alpha value is -2.71. The smallest absolute Gasteiger partial charge is 0.341 e. The van der Waals surface area contributed by atoms with Crippen molar-refractivity contribution in [1.82, 2.24) is 19.6 Å². The molecule has 0 unspecified atom stereocenters. The average molecular weight is 279 g/mol. The zero-order chi connectivity index (χ0) is 15.2. The molecule has 0 saturated carbocycles. The molecule has 0 saturated heterocycles. The summed E-state index contributed by atoms with van der Waals surface area (Å²) in [7, 11) is 1.57. The number of nitrogens with zero attached hydrogens (tertiary/aromatic N) is 5. The van der Waals surface area contributed by atoms with Crippen LogP contribution in [0.2, 0.25) is 0 Å². The maximum absolute atomic E-state index is 11.3. The number of carboxylic acid groups (broad SMARTS) is 1. The van der Waals surface area contributed by atoms with Crippen LogP contribution in [0.4, 0.5) is 5.69 Å². The highest BCUT2D eigenvalue weighted by Crippen LogP contribution is 2.27. The summed E-state index contributed by atoms with van der Waals surface area (Å²) >= 11 is 0. The van der Waals surface area contributed by atoms with Crippen LogP contribution >= 0.6 is 0 Å². The van der Waals surface area contributed by atoms with E-state index in [-0.39, 0.29) is 28.5 Å². The minimum absolute atomic E-state index is 0.0204. The molecule has 0 spiro atoms. The van der Waals surface area contributed by atoms with Crippen molar-refractivity contribution in [3.8, 4) is 5.82 Å². The standard InChI is InChI=1S/C11H13N5O4/c1-5-8(11(17)18)10(14(4)12-5)15-7(3)9(16(19)20)6(2)13-15/h1-4H3,(H,17,18). The van der Waals surface area contributed by atoms with Crippen molar-refractivity contribution in [3.05, 3.63) is 32.8 Å². The van der Waals surface area contributed by atoms with E-state index in [0.717, 1.165) is 0 Å². The Kier molecular flexibility index (Phi) is 3.04. The van der Waals surface area contributed by atoms with E-state index < -0.39 is 10.9 Å². The summed E-state index contributed by atoms with van der Waals surface area (Å²) in [6.45, 7) is 4.59. The van der Waals surface area contributed by atoms with Crippen molar-refractivity contribution in [1.29, 1.82) is 0 Å². The molecule has 0 bridgehead atoms. The minimum Gasteiger partial charge on any atom is -0.477 e. The van der Waals surface area contributed by atoms with Gasteiger partial charge in [0, 0.05) is 7.05 Å². The highest BCUT2D eigenvalue weighted by Gasteiger charge is 2.28. The Labute approximate surface area is 113 Å². The van der Waals surface area contributed by atoms with Crippen molar-refractivity contribution in [2.75, 3.05) is 0 Å². The molecule has 0 aromatic carbocycles. The van der Waals surface area contributed by atoms with Gasteiger partial charge in [0.15, 0.2) is 5.82 Å². The second kappa shape index (κ2) is 4.44. The van der Waals surface area contributed by atoms with Gasteiger partial charge in [-0.3, -0.25) is 10.1 Å². The van der Waals surface area contributed by atoms with Crippen molar-refractivity contribution < 1.29 is 14.8 Å². The first kappa shape index (κ1) is 13.7. The Morgan fingerprint density at radius 3 is 2.30 bits per heavy atom. The van der Waals surface area contributed by atoms with E-state index in [1.165, 1.54) is 23.2 Å². The predicted molar refractivity (Wildman–Crippen MR) is 68.2 cm³/mol. The summed E-state index contributed by atoms with van der Waals surface area (Å²) in [5.41, 5.74) is 0.666. The van der Waals surface area contributed by atoms with Gasteiger partial charge in [-0.05, 0) is 20.8 Å². The van der Waals surface area contributed by atoms with Crippen molar-refractivity contribution >= 4 is 11.7 Å². The molecule has 0 fully saturated rings. The SMILES string of the molecule is Cc1nn(C)c(-n2nc(C)c([N+](=O)[O-])c2C)c1C(=O)O. The van der Waals surface area contributed by atoms with Crippen LogP contribution in [0, 0.1) is 30.9 Å². The fourth-order valence-electron chi connectivity index (χ4n) is 2.24. The van der Waals surface area contributed by atoms with Gasteiger partial charge in [0.2, 0.25) is 0 Å². The third-order valence-electron chi connectivity index (χ3n) is 3.04. The van der Waals surface area contributed by atoms with Crippen molar-refractivity contribution in [2.45, 2.75) is 20.8 Å². The second-order valence-electron chi connectivity index (χ2n) is 4.40. The summed E-state index contributed by atoms with van der Waals surface area (Å²) < 4.78 is 2.60. The van der Waals surface area contributed by atoms with Gasteiger partial charge in [-0.25, -0.2) is 14.2 Å². The van der Waals surface area contributed by atoms with E-state index >= 15 is 0 Å². The quantitative estimate of drug-likeness (QED) is 0.665. The van der Waals surface area contributed by atoms with E-state index in [4.69, 9.17) is 0 Å². The largest absolute Gasteiger partial charge is 0.477 e. The van der Waals surface area contributed by atoms with Crippen LogP contribution < -0.4 is 0 Å². The lowest BCUT2D eigenvalue weighted by Gasteiger charge is -2.05. The van der Waals surface area contributed by atoms with E-state index in [9.17, 15) is 20.0 Å². The molecule has 2 aromatic rings. The molecule has 0 aliphatic heterocycles. The van der Waals surface area contributed by atoms with E-state index in [0.29, 0.717) is 5.69 Å². The normalized spacial score (nSPS) is 10.8. The number of nitro groups is 1. The van der Waals surface area contributed by atoms with Gasteiger partial charge in [-0.1, -0.05) is 0 Å². The molecule has 2 aromatic heterocycles. The lowest BCUT2D eigenvalue weighted by Crippen LogP contribution is -2.11. The Bertz CT molecular complexity index is 728. The first-order chi connectivity index (χ1) is 9.25. The number of aromatic nitrogens is 4. The fourth-order valence-corrected chi connectivity index (χ4v) is 2.24. The van der Waals surface area contributed by atoms with E-state index in [2.05, 4.69) is 10.2 Å². The highest BCUT2D eigenvalue weighted by atomic mass is 16.6. The number of hydrogen-bond donors (Lipinski definition) is 1. The number of carbonyl (C=O) groups is 1. The fraction of sp³-hybridized carbons (Fsp3) is 0.364. The maximum Gasteiger partial charge on any atom is 0.341 e. The summed E-state index contributed by atoms with van der Waals surface area (Å²) in [5, 5.41) is 28.4. The van der Waals surface area contributed by atoms with Crippen molar-refractivity contribution in [2.24, 2.45) is 7.05 Å². The van der Waals surface area contributed by atoms with Crippen LogP contribution in [0.1, 0.15) is 27.4 Å². The lowest BCUT2D eigenvalue weighted by atomic mass is 10.2. The van der Waals surface area contributed by atoms with Crippen LogP contribution in [-0.4, -0.2) is 35.6 Å². The Balaban J connectivity index is 2.79. The van der Waals surface area contributed by atoms with Gasteiger partial charge in [0.25, 0.3) is 0 Å². The number of aryl methyl sites for hydroxylation is 3. The molecule has 0 aliphatic rings. The van der Waals surface area contributed by atoms with Crippen LogP contribution in [0.15, 0.2) is 0 Å². The van der Waals surface area contributed by atoms with Gasteiger partial charge in [0.1, 0.15) is 17.0 Å². The second-order valence-corrected chi connectivity index (χ2v) is 4.40. The molecule has 9 heteroatoms. The molecule has 2 rings (SSSR count). The third-order valence-corrected chi connectivity index (χ3v) is 3.04. The Morgan fingerprint density at radius 1 is 1.25 bits per heavy atom. The minimum atomic E-state index is -1.15. The van der Waals surface area contributed by atoms with Crippen LogP contribution in [0.5, 0.6) is 0 Å². The molecular formula is C11H13N5O4. The van der Waals surface area contributed by atoms with Crippen molar-refractivity contribution in [3.63, 3.8) is 0 Å². The lowest BCUT2D eigenvalue weighted by molar-refractivity contribution is -0.386. The number of rotatable bonds is 3. The van der Waals surface area contributed by atoms with Gasteiger partial charge in [-0.15, -0.1) is 0 Å². The van der Waals surface area contributed by atoms with Crippen LogP contribution in [0.25, 0.3) is 5.82 Å². The molecule has 1 N–H and O–H groups in total. The number of hydrogen-bond acceptors (Lipinski definition) is 5. The summed E-state index contributed by atoms with van der Waals surface area (Å²) in [6, 6.07) is 0. The molecule has 106 valence electrons. The maximum atomic E-state index is 11.3. The highest BCUT2D eigenvalue weighted by molar-refractivity contribution is 5.92. The number of aromatic carboxylic acids is 1. The van der Waals surface area contributed by atoms with Crippen LogP contribution in [0.3, 0.4) is 0 Å². The summed E-state index contributed by atoms with van der Waals surface area (Å²) in [4.78, 5) is 21.8. The average Bonchev–Trinajstić information content (AvgIpc) is 2.75. The van der Waals surface area contributed by atoms with Gasteiger partial charge < -0.3 is 5.11 Å². The summed E-state index contributed by atoms with van der Waals surface area (Å²) in [6.07, 6.45) is 0. The molecule has 2 heterocycles. The Morgan fingerprint density at radius 2 is 1.85 bits per heavy atom. The van der Waals surface area contributed by atoms with Gasteiger partial charge >= 0.3 is 11.7 Å².